The Hall–Kier alpha value is -3.58. The third kappa shape index (κ3) is 4.18. The molecule has 4 rings (SSSR count). The van der Waals surface area contributed by atoms with Gasteiger partial charge in [0.05, 0.1) is 16.6 Å². The number of carbonyl (C=O) groups is 1. The molecular formula is C24H22N2O4S. The van der Waals surface area contributed by atoms with Crippen molar-refractivity contribution in [1.82, 2.24) is 5.32 Å². The molecule has 0 saturated carbocycles. The van der Waals surface area contributed by atoms with E-state index in [0.29, 0.717) is 11.4 Å². The summed E-state index contributed by atoms with van der Waals surface area (Å²) in [6.07, 6.45) is 0. The fourth-order valence-electron chi connectivity index (χ4n) is 3.30. The highest BCUT2D eigenvalue weighted by molar-refractivity contribution is 7.92. The molecule has 1 heterocycles. The van der Waals surface area contributed by atoms with Crippen molar-refractivity contribution in [3.8, 4) is 0 Å². The quantitative estimate of drug-likeness (QED) is 0.475. The summed E-state index contributed by atoms with van der Waals surface area (Å²) in [7, 11) is -2.32. The normalized spacial score (nSPS) is 12.5. The Labute approximate surface area is 181 Å². The number of sulfonamides is 1. The number of nitrogens with zero attached hydrogens (tertiary/aromatic N) is 1. The molecule has 0 aliphatic carbocycles. The molecule has 7 heteroatoms. The van der Waals surface area contributed by atoms with Crippen molar-refractivity contribution >= 4 is 32.6 Å². The number of hydrogen-bond donors (Lipinski definition) is 1. The van der Waals surface area contributed by atoms with E-state index < -0.39 is 10.0 Å². The minimum Gasteiger partial charge on any atom is -0.459 e. The summed E-state index contributed by atoms with van der Waals surface area (Å²) >= 11 is 0. The molecule has 1 N–H and O–H groups in total. The van der Waals surface area contributed by atoms with Crippen LogP contribution in [0, 0.1) is 0 Å². The molecule has 3 aromatic carbocycles. The Kier molecular flexibility index (Phi) is 5.52. The van der Waals surface area contributed by atoms with E-state index in [0.717, 1.165) is 11.0 Å². The van der Waals surface area contributed by atoms with Gasteiger partial charge in [-0.05, 0) is 49.4 Å². The highest BCUT2D eigenvalue weighted by Gasteiger charge is 2.23. The van der Waals surface area contributed by atoms with E-state index in [4.69, 9.17) is 4.42 Å². The average Bonchev–Trinajstić information content (AvgIpc) is 3.24. The standard InChI is InChI=1S/C24H22N2O4S/c1-17(23-16-18-9-6-7-14-22(18)30-23)25-24(27)19-10-8-13-21(15-19)31(28,29)26(2)20-11-4-3-5-12-20/h3-17H,1-2H3,(H,25,27). The topological polar surface area (TPSA) is 79.6 Å². The van der Waals surface area contributed by atoms with Gasteiger partial charge in [0, 0.05) is 18.0 Å². The maximum Gasteiger partial charge on any atom is 0.264 e. The van der Waals surface area contributed by atoms with Gasteiger partial charge in [-0.3, -0.25) is 9.10 Å². The zero-order valence-electron chi connectivity index (χ0n) is 17.1. The number of benzene rings is 3. The van der Waals surface area contributed by atoms with Crippen LogP contribution in [-0.2, 0) is 10.0 Å². The van der Waals surface area contributed by atoms with Crippen molar-refractivity contribution in [3.63, 3.8) is 0 Å². The lowest BCUT2D eigenvalue weighted by atomic mass is 10.1. The molecule has 0 aliphatic rings. The number of carbonyl (C=O) groups excluding carboxylic acids is 1. The number of nitrogens with one attached hydrogen (secondary N) is 1. The highest BCUT2D eigenvalue weighted by Crippen LogP contribution is 2.25. The van der Waals surface area contributed by atoms with E-state index in [9.17, 15) is 13.2 Å². The number of hydrogen-bond acceptors (Lipinski definition) is 4. The first kappa shape index (κ1) is 20.7. The fraction of sp³-hybridized carbons (Fsp3) is 0.125. The Bertz CT molecular complexity index is 1300. The summed E-state index contributed by atoms with van der Waals surface area (Å²) < 4.78 is 33.1. The van der Waals surface area contributed by atoms with Gasteiger partial charge < -0.3 is 9.73 Å². The minimum atomic E-state index is -3.81. The van der Waals surface area contributed by atoms with Gasteiger partial charge in [-0.15, -0.1) is 0 Å². The van der Waals surface area contributed by atoms with E-state index in [1.54, 1.807) is 36.4 Å². The molecular weight excluding hydrogens is 412 g/mol. The third-order valence-electron chi connectivity index (χ3n) is 5.09. The molecule has 0 radical (unpaired) electrons. The number of para-hydroxylation sites is 2. The highest BCUT2D eigenvalue weighted by atomic mass is 32.2. The summed E-state index contributed by atoms with van der Waals surface area (Å²) in [5, 5.41) is 3.83. The first-order valence-corrected chi connectivity index (χ1v) is 11.2. The second kappa shape index (κ2) is 8.28. The maximum atomic E-state index is 13.0. The molecule has 0 spiro atoms. The fourth-order valence-corrected chi connectivity index (χ4v) is 4.54. The predicted molar refractivity (Wildman–Crippen MR) is 121 cm³/mol. The van der Waals surface area contributed by atoms with Gasteiger partial charge in [-0.2, -0.15) is 0 Å². The van der Waals surface area contributed by atoms with Crippen LogP contribution in [0.3, 0.4) is 0 Å². The first-order valence-electron chi connectivity index (χ1n) is 9.79. The van der Waals surface area contributed by atoms with Gasteiger partial charge in [-0.1, -0.05) is 42.5 Å². The molecule has 1 aromatic heterocycles. The summed E-state index contributed by atoms with van der Waals surface area (Å²) in [4.78, 5) is 12.8. The van der Waals surface area contributed by atoms with Crippen LogP contribution in [0.4, 0.5) is 5.69 Å². The van der Waals surface area contributed by atoms with Crippen molar-refractivity contribution in [3.05, 3.63) is 96.3 Å². The van der Waals surface area contributed by atoms with Gasteiger partial charge in [0.2, 0.25) is 0 Å². The van der Waals surface area contributed by atoms with Crippen LogP contribution >= 0.6 is 0 Å². The molecule has 1 amide bonds. The predicted octanol–water partition coefficient (Wildman–Crippen LogP) is 4.75. The molecule has 158 valence electrons. The van der Waals surface area contributed by atoms with Gasteiger partial charge in [0.25, 0.3) is 15.9 Å². The van der Waals surface area contributed by atoms with Crippen LogP contribution < -0.4 is 9.62 Å². The number of furan rings is 1. The summed E-state index contributed by atoms with van der Waals surface area (Å²) in [6.45, 7) is 1.82. The Morgan fingerprint density at radius 2 is 1.65 bits per heavy atom. The lowest BCUT2D eigenvalue weighted by molar-refractivity contribution is 0.0935. The Balaban J connectivity index is 1.55. The van der Waals surface area contributed by atoms with E-state index >= 15 is 0 Å². The molecule has 0 fully saturated rings. The van der Waals surface area contributed by atoms with Crippen LogP contribution in [0.2, 0.25) is 0 Å². The third-order valence-corrected chi connectivity index (χ3v) is 6.87. The van der Waals surface area contributed by atoms with Crippen molar-refractivity contribution in [2.24, 2.45) is 0 Å². The minimum absolute atomic E-state index is 0.0443. The van der Waals surface area contributed by atoms with Crippen molar-refractivity contribution in [2.45, 2.75) is 17.9 Å². The number of rotatable bonds is 6. The molecule has 0 aliphatic heterocycles. The first-order chi connectivity index (χ1) is 14.9. The summed E-state index contributed by atoms with van der Waals surface area (Å²) in [5.41, 5.74) is 1.54. The van der Waals surface area contributed by atoms with E-state index in [1.807, 2.05) is 43.3 Å². The van der Waals surface area contributed by atoms with Crippen molar-refractivity contribution in [2.75, 3.05) is 11.4 Å². The van der Waals surface area contributed by atoms with Crippen molar-refractivity contribution in [1.29, 1.82) is 0 Å². The van der Waals surface area contributed by atoms with Crippen LogP contribution in [0.25, 0.3) is 11.0 Å². The summed E-state index contributed by atoms with van der Waals surface area (Å²) in [5.74, 6) is 0.245. The Morgan fingerprint density at radius 1 is 0.935 bits per heavy atom. The molecule has 31 heavy (non-hydrogen) atoms. The average molecular weight is 435 g/mol. The number of fused-ring (bicyclic) bond motifs is 1. The Morgan fingerprint density at radius 3 is 2.39 bits per heavy atom. The molecule has 0 bridgehead atoms. The summed E-state index contributed by atoms with van der Waals surface area (Å²) in [6, 6.07) is 23.9. The van der Waals surface area contributed by atoms with Gasteiger partial charge in [0.15, 0.2) is 0 Å². The monoisotopic (exact) mass is 434 g/mol. The second-order valence-electron chi connectivity index (χ2n) is 7.22. The molecule has 1 atom stereocenters. The zero-order valence-corrected chi connectivity index (χ0v) is 18.0. The van der Waals surface area contributed by atoms with Crippen molar-refractivity contribution < 1.29 is 17.6 Å². The van der Waals surface area contributed by atoms with E-state index in [1.165, 1.54) is 23.5 Å². The maximum absolute atomic E-state index is 13.0. The van der Waals surface area contributed by atoms with E-state index in [2.05, 4.69) is 5.32 Å². The zero-order chi connectivity index (χ0) is 22.0. The smallest absolute Gasteiger partial charge is 0.264 e. The number of amides is 1. The molecule has 6 nitrogen and oxygen atoms in total. The molecule has 1 unspecified atom stereocenters. The van der Waals surface area contributed by atoms with Crippen LogP contribution in [0.5, 0.6) is 0 Å². The van der Waals surface area contributed by atoms with Crippen LogP contribution in [-0.4, -0.2) is 21.4 Å². The van der Waals surface area contributed by atoms with Crippen LogP contribution in [0.15, 0.2) is 94.2 Å². The van der Waals surface area contributed by atoms with Gasteiger partial charge in [-0.25, -0.2) is 8.42 Å². The van der Waals surface area contributed by atoms with Crippen LogP contribution in [0.1, 0.15) is 29.1 Å². The molecule has 4 aromatic rings. The van der Waals surface area contributed by atoms with Gasteiger partial charge >= 0.3 is 0 Å². The largest absolute Gasteiger partial charge is 0.459 e. The van der Waals surface area contributed by atoms with E-state index in [-0.39, 0.29) is 22.4 Å². The SMILES string of the molecule is CC(NC(=O)c1cccc(S(=O)(=O)N(C)c2ccccc2)c1)c1cc2ccccc2o1. The molecule has 0 saturated heterocycles. The van der Waals surface area contributed by atoms with Gasteiger partial charge in [0.1, 0.15) is 11.3 Å². The number of anilines is 1. The lowest BCUT2D eigenvalue weighted by Gasteiger charge is -2.20. The second-order valence-corrected chi connectivity index (χ2v) is 9.19. The lowest BCUT2D eigenvalue weighted by Crippen LogP contribution is -2.28.